The van der Waals surface area contributed by atoms with E-state index < -0.39 is 4.92 Å². The first-order valence-corrected chi connectivity index (χ1v) is 8.00. The highest BCUT2D eigenvalue weighted by Gasteiger charge is 2.38. The first-order valence-electron chi connectivity index (χ1n) is 8.00. The number of fused-ring (bicyclic) bond motifs is 3. The number of nitro benzene ring substituents is 2. The van der Waals surface area contributed by atoms with Crippen LogP contribution in [0.25, 0.3) is 0 Å². The molecule has 1 aliphatic carbocycles. The Morgan fingerprint density at radius 1 is 0.960 bits per heavy atom. The van der Waals surface area contributed by atoms with Gasteiger partial charge in [0, 0.05) is 35.9 Å². The molecule has 0 bridgehead atoms. The van der Waals surface area contributed by atoms with Crippen LogP contribution in [0.1, 0.15) is 29.5 Å². The van der Waals surface area contributed by atoms with Crippen LogP contribution in [-0.2, 0) is 0 Å². The van der Waals surface area contributed by atoms with Crippen molar-refractivity contribution in [2.75, 3.05) is 5.32 Å². The van der Waals surface area contributed by atoms with Crippen molar-refractivity contribution >= 4 is 17.1 Å². The number of nitrogens with zero attached hydrogens (tertiary/aromatic N) is 2. The molecule has 2 aromatic carbocycles. The van der Waals surface area contributed by atoms with Gasteiger partial charge in [0.15, 0.2) is 0 Å². The Hall–Kier alpha value is -3.22. The molecule has 126 valence electrons. The number of hydrogen-bond donors (Lipinski definition) is 1. The standard InChI is InChI=1S/C18H15N3O4/c22-20(23)12-6-4-11(5-7-12)18-15-3-1-2-14(15)16-10-13(21(24)25)8-9-17(16)19-18/h1-2,4-10,14-15,18-19H,3H2/t14-,15-,18+/m1/s1. The van der Waals surface area contributed by atoms with Crippen LogP contribution in [0, 0.1) is 26.1 Å². The van der Waals surface area contributed by atoms with Crippen LogP contribution in [0.3, 0.4) is 0 Å². The van der Waals surface area contributed by atoms with E-state index in [1.165, 1.54) is 18.2 Å². The predicted octanol–water partition coefficient (Wildman–Crippen LogP) is 4.33. The lowest BCUT2D eigenvalue weighted by molar-refractivity contribution is -0.385. The first-order chi connectivity index (χ1) is 12.0. The number of nitro groups is 2. The molecule has 1 aliphatic heterocycles. The maximum Gasteiger partial charge on any atom is 0.269 e. The van der Waals surface area contributed by atoms with E-state index in [9.17, 15) is 20.2 Å². The normalized spacial score (nSPS) is 23.4. The molecule has 0 saturated carbocycles. The van der Waals surface area contributed by atoms with Gasteiger partial charge in [-0.2, -0.15) is 0 Å². The summed E-state index contributed by atoms with van der Waals surface area (Å²) in [4.78, 5) is 21.1. The molecular weight excluding hydrogens is 322 g/mol. The topological polar surface area (TPSA) is 98.3 Å². The Morgan fingerprint density at radius 3 is 2.32 bits per heavy atom. The molecular formula is C18H15N3O4. The summed E-state index contributed by atoms with van der Waals surface area (Å²) in [6, 6.07) is 11.5. The van der Waals surface area contributed by atoms with Crippen molar-refractivity contribution < 1.29 is 9.85 Å². The number of rotatable bonds is 3. The van der Waals surface area contributed by atoms with Crippen LogP contribution in [0.5, 0.6) is 0 Å². The molecule has 2 aromatic rings. The summed E-state index contributed by atoms with van der Waals surface area (Å²) < 4.78 is 0. The van der Waals surface area contributed by atoms with Crippen LogP contribution in [0.15, 0.2) is 54.6 Å². The smallest absolute Gasteiger partial charge is 0.269 e. The Balaban J connectivity index is 1.72. The van der Waals surface area contributed by atoms with Crippen molar-refractivity contribution in [3.63, 3.8) is 0 Å². The van der Waals surface area contributed by atoms with Crippen LogP contribution >= 0.6 is 0 Å². The summed E-state index contributed by atoms with van der Waals surface area (Å²) in [5, 5.41) is 25.4. The fourth-order valence-electron chi connectivity index (χ4n) is 3.83. The lowest BCUT2D eigenvalue weighted by Crippen LogP contribution is -2.29. The van der Waals surface area contributed by atoms with Crippen molar-refractivity contribution in [2.24, 2.45) is 5.92 Å². The molecule has 0 aromatic heterocycles. The van der Waals surface area contributed by atoms with Crippen LogP contribution in [0.4, 0.5) is 17.1 Å². The zero-order valence-corrected chi connectivity index (χ0v) is 13.2. The molecule has 0 radical (unpaired) electrons. The van der Waals surface area contributed by atoms with Gasteiger partial charge in [-0.1, -0.05) is 24.3 Å². The van der Waals surface area contributed by atoms with E-state index in [1.54, 1.807) is 24.3 Å². The second kappa shape index (κ2) is 5.70. The maximum absolute atomic E-state index is 11.1. The number of nitrogens with one attached hydrogen (secondary N) is 1. The Labute approximate surface area is 143 Å². The molecule has 1 heterocycles. The summed E-state index contributed by atoms with van der Waals surface area (Å²) in [7, 11) is 0. The van der Waals surface area contributed by atoms with E-state index in [-0.39, 0.29) is 34.2 Å². The van der Waals surface area contributed by atoms with Gasteiger partial charge in [0.1, 0.15) is 0 Å². The Morgan fingerprint density at radius 2 is 1.64 bits per heavy atom. The fourth-order valence-corrected chi connectivity index (χ4v) is 3.83. The highest BCUT2D eigenvalue weighted by molar-refractivity contribution is 5.63. The third kappa shape index (κ3) is 2.53. The van der Waals surface area contributed by atoms with E-state index in [4.69, 9.17) is 0 Å². The molecule has 0 fully saturated rings. The van der Waals surface area contributed by atoms with Crippen molar-refractivity contribution in [1.82, 2.24) is 0 Å². The zero-order valence-electron chi connectivity index (χ0n) is 13.2. The lowest BCUT2D eigenvalue weighted by Gasteiger charge is -2.37. The van der Waals surface area contributed by atoms with Crippen molar-refractivity contribution in [2.45, 2.75) is 18.4 Å². The van der Waals surface area contributed by atoms with E-state index in [1.807, 2.05) is 0 Å². The fraction of sp³-hybridized carbons (Fsp3) is 0.222. The van der Waals surface area contributed by atoms with Gasteiger partial charge in [-0.25, -0.2) is 0 Å². The molecule has 2 aliphatic rings. The largest absolute Gasteiger partial charge is 0.378 e. The van der Waals surface area contributed by atoms with Gasteiger partial charge in [-0.15, -0.1) is 0 Å². The molecule has 1 N–H and O–H groups in total. The number of anilines is 1. The summed E-state index contributed by atoms with van der Waals surface area (Å²) in [6.45, 7) is 0. The molecule has 4 rings (SSSR count). The van der Waals surface area contributed by atoms with Gasteiger partial charge < -0.3 is 5.32 Å². The third-order valence-electron chi connectivity index (χ3n) is 5.02. The van der Waals surface area contributed by atoms with Crippen molar-refractivity contribution in [3.8, 4) is 0 Å². The number of benzene rings is 2. The minimum Gasteiger partial charge on any atom is -0.378 e. The first kappa shape index (κ1) is 15.3. The second-order valence-electron chi connectivity index (χ2n) is 6.35. The van der Waals surface area contributed by atoms with E-state index in [0.29, 0.717) is 0 Å². The monoisotopic (exact) mass is 337 g/mol. The minimum absolute atomic E-state index is 0.00904. The van der Waals surface area contributed by atoms with Crippen molar-refractivity contribution in [1.29, 1.82) is 0 Å². The van der Waals surface area contributed by atoms with Crippen LogP contribution < -0.4 is 5.32 Å². The highest BCUT2D eigenvalue weighted by Crippen LogP contribution is 2.50. The Bertz CT molecular complexity index is 892. The van der Waals surface area contributed by atoms with Gasteiger partial charge in [0.05, 0.1) is 15.9 Å². The molecule has 7 nitrogen and oxygen atoms in total. The van der Waals surface area contributed by atoms with E-state index in [2.05, 4.69) is 17.5 Å². The van der Waals surface area contributed by atoms with Gasteiger partial charge in [0.2, 0.25) is 0 Å². The van der Waals surface area contributed by atoms with E-state index in [0.717, 1.165) is 23.2 Å². The number of non-ortho nitro benzene ring substituents is 2. The molecule has 25 heavy (non-hydrogen) atoms. The highest BCUT2D eigenvalue weighted by atomic mass is 16.6. The van der Waals surface area contributed by atoms with Gasteiger partial charge in [0.25, 0.3) is 11.4 Å². The maximum atomic E-state index is 11.1. The average Bonchev–Trinajstić information content (AvgIpc) is 3.10. The zero-order chi connectivity index (χ0) is 17.6. The van der Waals surface area contributed by atoms with Gasteiger partial charge in [-0.3, -0.25) is 20.2 Å². The summed E-state index contributed by atoms with van der Waals surface area (Å²) in [6.07, 6.45) is 5.07. The SMILES string of the molecule is O=[N+]([O-])c1ccc([C@@H]2Nc3ccc([N+](=O)[O-])cc3[C@@H]3C=CC[C@H]32)cc1. The van der Waals surface area contributed by atoms with Crippen LogP contribution in [0.2, 0.25) is 0 Å². The summed E-state index contributed by atoms with van der Waals surface area (Å²) >= 11 is 0. The molecule has 0 saturated heterocycles. The third-order valence-corrected chi connectivity index (χ3v) is 5.02. The molecule has 0 spiro atoms. The number of hydrogen-bond acceptors (Lipinski definition) is 5. The quantitative estimate of drug-likeness (QED) is 0.510. The predicted molar refractivity (Wildman–Crippen MR) is 92.5 cm³/mol. The lowest BCUT2D eigenvalue weighted by atomic mass is 9.77. The second-order valence-corrected chi connectivity index (χ2v) is 6.35. The minimum atomic E-state index is -0.410. The number of allylic oxidation sites excluding steroid dienone is 2. The Kier molecular flexibility index (Phi) is 3.49. The van der Waals surface area contributed by atoms with E-state index >= 15 is 0 Å². The molecule has 0 unspecified atom stereocenters. The molecule has 3 atom stereocenters. The van der Waals surface area contributed by atoms with Crippen molar-refractivity contribution in [3.05, 3.63) is 86.0 Å². The molecule has 7 heteroatoms. The van der Waals surface area contributed by atoms with Gasteiger partial charge >= 0.3 is 0 Å². The summed E-state index contributed by atoms with van der Waals surface area (Å²) in [5.74, 6) is 0.340. The van der Waals surface area contributed by atoms with Gasteiger partial charge in [-0.05, 0) is 29.5 Å². The van der Waals surface area contributed by atoms with Crippen LogP contribution in [-0.4, -0.2) is 9.85 Å². The average molecular weight is 337 g/mol. The summed E-state index contributed by atoms with van der Waals surface area (Å²) in [5.41, 5.74) is 2.95. The molecule has 0 amide bonds.